The van der Waals surface area contributed by atoms with Crippen LogP contribution in [0.3, 0.4) is 0 Å². The highest BCUT2D eigenvalue weighted by Crippen LogP contribution is 2.22. The second-order valence-corrected chi connectivity index (χ2v) is 7.02. The van der Waals surface area contributed by atoms with Crippen LogP contribution < -0.4 is 10.2 Å². The fourth-order valence-electron chi connectivity index (χ4n) is 2.26. The van der Waals surface area contributed by atoms with Crippen molar-refractivity contribution in [2.24, 2.45) is 5.10 Å². The maximum Gasteiger partial charge on any atom is 0.484 e. The van der Waals surface area contributed by atoms with E-state index in [4.69, 9.17) is 10.00 Å². The normalized spacial score (nSPS) is 13.4. The topological polar surface area (TPSA) is 103 Å². The van der Waals surface area contributed by atoms with Gasteiger partial charge in [0.25, 0.3) is 0 Å². The molecule has 24 heavy (non-hydrogen) atoms. The summed E-state index contributed by atoms with van der Waals surface area (Å²) in [6, 6.07) is 13.5. The molecular formula is C15H12BN3O4S. The molecule has 1 N–H and O–H groups in total. The van der Waals surface area contributed by atoms with E-state index in [0.717, 1.165) is 6.26 Å². The van der Waals surface area contributed by atoms with Gasteiger partial charge in [0, 0.05) is 0 Å². The maximum absolute atomic E-state index is 11.6. The molecule has 0 saturated heterocycles. The number of nitrogens with zero attached hydrogens (tertiary/aromatic N) is 3. The van der Waals surface area contributed by atoms with Crippen molar-refractivity contribution in [2.75, 3.05) is 6.26 Å². The van der Waals surface area contributed by atoms with Gasteiger partial charge >= 0.3 is 7.05 Å². The molecule has 1 heterocycles. The van der Waals surface area contributed by atoms with Crippen LogP contribution in [-0.2, 0) is 10.0 Å². The summed E-state index contributed by atoms with van der Waals surface area (Å²) in [5, 5.41) is 22.8. The lowest BCUT2D eigenvalue weighted by Crippen LogP contribution is -2.51. The molecule has 0 radical (unpaired) electrons. The van der Waals surface area contributed by atoms with Gasteiger partial charge in [-0.25, -0.2) is 12.7 Å². The van der Waals surface area contributed by atoms with E-state index in [9.17, 15) is 13.4 Å². The quantitative estimate of drug-likeness (QED) is 0.826. The van der Waals surface area contributed by atoms with Crippen molar-refractivity contribution in [3.05, 3.63) is 53.6 Å². The molecule has 0 aromatic heterocycles. The third kappa shape index (κ3) is 3.10. The molecule has 0 bridgehead atoms. The number of rotatable bonds is 3. The first-order valence-electron chi connectivity index (χ1n) is 6.92. The molecule has 2 aromatic rings. The summed E-state index contributed by atoms with van der Waals surface area (Å²) in [5.74, 6) is 0.953. The number of sulfonamides is 1. The highest BCUT2D eigenvalue weighted by Gasteiger charge is 2.35. The third-order valence-corrected chi connectivity index (χ3v) is 4.39. The minimum Gasteiger partial charge on any atom is -0.457 e. The van der Waals surface area contributed by atoms with Gasteiger partial charge in [0.15, 0.2) is 0 Å². The lowest BCUT2D eigenvalue weighted by atomic mass is 9.71. The van der Waals surface area contributed by atoms with Gasteiger partial charge in [-0.3, -0.25) is 0 Å². The van der Waals surface area contributed by atoms with Crippen LogP contribution in [-0.4, -0.2) is 37.3 Å². The van der Waals surface area contributed by atoms with Gasteiger partial charge in [0.2, 0.25) is 10.0 Å². The average molecular weight is 341 g/mol. The first-order valence-corrected chi connectivity index (χ1v) is 8.77. The number of hydrazone groups is 1. The van der Waals surface area contributed by atoms with E-state index in [2.05, 4.69) is 5.10 Å². The number of benzene rings is 2. The van der Waals surface area contributed by atoms with Crippen LogP contribution in [0.15, 0.2) is 47.6 Å². The smallest absolute Gasteiger partial charge is 0.457 e. The fourth-order valence-corrected chi connectivity index (χ4v) is 2.95. The van der Waals surface area contributed by atoms with Crippen LogP contribution in [0.25, 0.3) is 0 Å². The standard InChI is InChI=1S/C15H12BN3O4S/c1-24(21,22)19-16(20)15-8-14(7-4-12(15)10-18-19)23-13-5-2-11(9-17)3-6-13/h2-8,10,20H,1H3. The number of nitriles is 1. The lowest BCUT2D eigenvalue weighted by molar-refractivity contribution is 0.474. The van der Waals surface area contributed by atoms with E-state index in [1.807, 2.05) is 6.07 Å². The van der Waals surface area contributed by atoms with Gasteiger partial charge in [-0.1, -0.05) is 6.07 Å². The molecule has 0 saturated carbocycles. The van der Waals surface area contributed by atoms with E-state index in [1.54, 1.807) is 42.5 Å². The number of fused-ring (bicyclic) bond motifs is 1. The van der Waals surface area contributed by atoms with Crippen molar-refractivity contribution < 1.29 is 18.2 Å². The van der Waals surface area contributed by atoms with Crippen molar-refractivity contribution in [3.63, 3.8) is 0 Å². The van der Waals surface area contributed by atoms with Gasteiger partial charge in [-0.15, -0.1) is 0 Å². The minimum absolute atomic E-state index is 0.376. The van der Waals surface area contributed by atoms with Crippen molar-refractivity contribution in [1.82, 2.24) is 4.33 Å². The molecule has 0 fully saturated rings. The number of ether oxygens (including phenoxy) is 1. The van der Waals surface area contributed by atoms with Crippen LogP contribution in [0.1, 0.15) is 11.1 Å². The number of hydrogen-bond acceptors (Lipinski definition) is 6. The Bertz CT molecular complexity index is 952. The molecule has 0 aliphatic carbocycles. The average Bonchev–Trinajstić information content (AvgIpc) is 2.55. The zero-order chi connectivity index (χ0) is 17.3. The second-order valence-electron chi connectivity index (χ2n) is 5.18. The first kappa shape index (κ1) is 16.0. The Morgan fingerprint density at radius 1 is 1.21 bits per heavy atom. The molecule has 0 amide bonds. The third-order valence-electron chi connectivity index (χ3n) is 3.42. The van der Waals surface area contributed by atoms with E-state index in [-0.39, 0.29) is 0 Å². The van der Waals surface area contributed by atoms with Crippen molar-refractivity contribution in [2.45, 2.75) is 0 Å². The predicted molar refractivity (Wildman–Crippen MR) is 89.6 cm³/mol. The van der Waals surface area contributed by atoms with Gasteiger partial charge in [0.1, 0.15) is 11.5 Å². The molecule has 1 aliphatic rings. The van der Waals surface area contributed by atoms with Crippen molar-refractivity contribution >= 4 is 28.8 Å². The zero-order valence-electron chi connectivity index (χ0n) is 12.6. The molecule has 0 atom stereocenters. The van der Waals surface area contributed by atoms with Crippen LogP contribution >= 0.6 is 0 Å². The Hall–Kier alpha value is -2.83. The Morgan fingerprint density at radius 2 is 1.88 bits per heavy atom. The Balaban J connectivity index is 1.90. The summed E-state index contributed by atoms with van der Waals surface area (Å²) in [5.41, 5.74) is 1.50. The minimum atomic E-state index is -3.68. The first-order chi connectivity index (χ1) is 11.4. The SMILES string of the molecule is CS(=O)(=O)N1N=Cc2ccc(Oc3ccc(C#N)cc3)cc2B1O. The Morgan fingerprint density at radius 3 is 2.50 bits per heavy atom. The fraction of sp³-hybridized carbons (Fsp3) is 0.0667. The van der Waals surface area contributed by atoms with Crippen LogP contribution in [0.5, 0.6) is 11.5 Å². The summed E-state index contributed by atoms with van der Waals surface area (Å²) in [7, 11) is -5.10. The van der Waals surface area contributed by atoms with Gasteiger partial charge in [0.05, 0.1) is 24.1 Å². The molecule has 120 valence electrons. The van der Waals surface area contributed by atoms with E-state index in [1.165, 1.54) is 6.21 Å². The predicted octanol–water partition coefficient (Wildman–Crippen LogP) is 0.647. The van der Waals surface area contributed by atoms with Crippen LogP contribution in [0.4, 0.5) is 0 Å². The zero-order valence-corrected chi connectivity index (χ0v) is 13.4. The van der Waals surface area contributed by atoms with Crippen LogP contribution in [0, 0.1) is 11.3 Å². The summed E-state index contributed by atoms with van der Waals surface area (Å²) in [6.07, 6.45) is 2.34. The summed E-state index contributed by atoms with van der Waals surface area (Å²) >= 11 is 0. The summed E-state index contributed by atoms with van der Waals surface area (Å²) < 4.78 is 29.6. The molecule has 0 spiro atoms. The summed E-state index contributed by atoms with van der Waals surface area (Å²) in [4.78, 5) is 0. The molecular weight excluding hydrogens is 329 g/mol. The number of hydrogen-bond donors (Lipinski definition) is 1. The maximum atomic E-state index is 11.6. The van der Waals surface area contributed by atoms with E-state index in [0.29, 0.717) is 32.4 Å². The van der Waals surface area contributed by atoms with Crippen LogP contribution in [0.2, 0.25) is 0 Å². The Labute approximate surface area is 139 Å². The Kier molecular flexibility index (Phi) is 4.01. The molecule has 0 unspecified atom stereocenters. The van der Waals surface area contributed by atoms with Crippen molar-refractivity contribution in [1.29, 1.82) is 5.26 Å². The van der Waals surface area contributed by atoms with Crippen molar-refractivity contribution in [3.8, 4) is 17.6 Å². The lowest BCUT2D eigenvalue weighted by Gasteiger charge is -2.24. The molecule has 3 rings (SSSR count). The van der Waals surface area contributed by atoms with Gasteiger partial charge < -0.3 is 9.76 Å². The van der Waals surface area contributed by atoms with Gasteiger partial charge in [-0.05, 0) is 47.4 Å². The summed E-state index contributed by atoms with van der Waals surface area (Å²) in [6.45, 7) is 0. The largest absolute Gasteiger partial charge is 0.484 e. The molecule has 2 aromatic carbocycles. The molecule has 7 nitrogen and oxygen atoms in total. The highest BCUT2D eigenvalue weighted by molar-refractivity contribution is 7.89. The molecule has 9 heteroatoms. The monoisotopic (exact) mass is 341 g/mol. The molecule has 1 aliphatic heterocycles. The second kappa shape index (κ2) is 6.00. The highest BCUT2D eigenvalue weighted by atomic mass is 32.2. The van der Waals surface area contributed by atoms with E-state index >= 15 is 0 Å². The van der Waals surface area contributed by atoms with E-state index < -0.39 is 17.1 Å². The van der Waals surface area contributed by atoms with Gasteiger partial charge in [-0.2, -0.15) is 10.4 Å².